The van der Waals surface area contributed by atoms with Crippen LogP contribution in [0.5, 0.6) is 0 Å². The summed E-state index contributed by atoms with van der Waals surface area (Å²) in [7, 11) is 0. The van der Waals surface area contributed by atoms with E-state index in [0.29, 0.717) is 0 Å². The molecular formula is C17H24NO3+. The number of aliphatic hydroxyl groups excluding tert-OH is 2. The second-order valence-corrected chi connectivity index (χ2v) is 5.35. The molecule has 0 bridgehead atoms. The summed E-state index contributed by atoms with van der Waals surface area (Å²) < 4.78 is 5.83. The standard InChI is InChI=1S/C17H23NO3/c1-3-15(11-19)18-10-16-8-9-17(21-16)14-6-4-13(5-7-14)12(2)20/h4-9,12,15,18-20H,3,10-11H2,1-2H3/p+1/t12-,15-/m0/s1. The minimum atomic E-state index is -0.453. The zero-order chi connectivity index (χ0) is 15.2. The van der Waals surface area contributed by atoms with E-state index in [-0.39, 0.29) is 12.6 Å². The number of nitrogens with two attached hydrogens (primary N) is 1. The molecule has 0 unspecified atom stereocenters. The van der Waals surface area contributed by atoms with E-state index in [4.69, 9.17) is 4.42 Å². The van der Waals surface area contributed by atoms with Crippen LogP contribution in [-0.2, 0) is 6.54 Å². The third kappa shape index (κ3) is 4.17. The molecule has 4 nitrogen and oxygen atoms in total. The van der Waals surface area contributed by atoms with Gasteiger partial charge in [0, 0.05) is 5.56 Å². The molecule has 4 N–H and O–H groups in total. The molecule has 0 saturated carbocycles. The number of benzene rings is 1. The van der Waals surface area contributed by atoms with Gasteiger partial charge >= 0.3 is 0 Å². The van der Waals surface area contributed by atoms with E-state index >= 15 is 0 Å². The fourth-order valence-electron chi connectivity index (χ4n) is 2.22. The largest absolute Gasteiger partial charge is 0.455 e. The molecular weight excluding hydrogens is 266 g/mol. The van der Waals surface area contributed by atoms with E-state index in [0.717, 1.165) is 35.6 Å². The monoisotopic (exact) mass is 290 g/mol. The van der Waals surface area contributed by atoms with Gasteiger partial charge in [0.2, 0.25) is 0 Å². The van der Waals surface area contributed by atoms with E-state index in [2.05, 4.69) is 12.2 Å². The van der Waals surface area contributed by atoms with Crippen molar-refractivity contribution in [2.24, 2.45) is 0 Å². The second kappa shape index (κ2) is 7.41. The van der Waals surface area contributed by atoms with Gasteiger partial charge in [-0.3, -0.25) is 0 Å². The van der Waals surface area contributed by atoms with Gasteiger partial charge in [0.1, 0.15) is 18.3 Å². The summed E-state index contributed by atoms with van der Waals surface area (Å²) in [6, 6.07) is 11.9. The normalized spacial score (nSPS) is 14.1. The molecule has 4 heteroatoms. The highest BCUT2D eigenvalue weighted by molar-refractivity contribution is 5.58. The second-order valence-electron chi connectivity index (χ2n) is 5.35. The third-order valence-corrected chi connectivity index (χ3v) is 3.75. The van der Waals surface area contributed by atoms with Crippen molar-refractivity contribution in [3.8, 4) is 11.3 Å². The maximum absolute atomic E-state index is 9.51. The molecule has 0 radical (unpaired) electrons. The summed E-state index contributed by atoms with van der Waals surface area (Å²) in [4.78, 5) is 0. The smallest absolute Gasteiger partial charge is 0.158 e. The predicted molar refractivity (Wildman–Crippen MR) is 81.6 cm³/mol. The molecule has 0 amide bonds. The lowest BCUT2D eigenvalue weighted by Gasteiger charge is -2.08. The highest BCUT2D eigenvalue weighted by atomic mass is 16.3. The Labute approximate surface area is 125 Å². The van der Waals surface area contributed by atoms with Crippen LogP contribution in [0, 0.1) is 0 Å². The van der Waals surface area contributed by atoms with Crippen molar-refractivity contribution < 1.29 is 19.9 Å². The van der Waals surface area contributed by atoms with Gasteiger partial charge < -0.3 is 19.9 Å². The quantitative estimate of drug-likeness (QED) is 0.728. The molecule has 0 saturated heterocycles. The Morgan fingerprint density at radius 3 is 2.43 bits per heavy atom. The Bertz CT molecular complexity index is 541. The van der Waals surface area contributed by atoms with Gasteiger partial charge in [-0.1, -0.05) is 31.2 Å². The first-order valence-electron chi connectivity index (χ1n) is 7.45. The maximum atomic E-state index is 9.51. The Kier molecular flexibility index (Phi) is 5.56. The number of rotatable bonds is 7. The van der Waals surface area contributed by atoms with Crippen LogP contribution in [0.3, 0.4) is 0 Å². The van der Waals surface area contributed by atoms with Crippen LogP contribution >= 0.6 is 0 Å². The Hall–Kier alpha value is -1.62. The summed E-state index contributed by atoms with van der Waals surface area (Å²) in [6.07, 6.45) is 0.482. The van der Waals surface area contributed by atoms with E-state index in [1.807, 2.05) is 36.4 Å². The fraction of sp³-hybridized carbons (Fsp3) is 0.412. The summed E-state index contributed by atoms with van der Waals surface area (Å²) in [5, 5.41) is 20.8. The molecule has 0 aliphatic carbocycles. The lowest BCUT2D eigenvalue weighted by molar-refractivity contribution is -0.707. The molecule has 21 heavy (non-hydrogen) atoms. The highest BCUT2D eigenvalue weighted by Crippen LogP contribution is 2.23. The zero-order valence-corrected chi connectivity index (χ0v) is 12.6. The van der Waals surface area contributed by atoms with Crippen molar-refractivity contribution in [2.75, 3.05) is 6.61 Å². The first-order chi connectivity index (χ1) is 10.1. The number of hydrogen-bond donors (Lipinski definition) is 3. The number of quaternary nitrogens is 1. The molecule has 1 aromatic carbocycles. The van der Waals surface area contributed by atoms with Gasteiger partial charge in [-0.25, -0.2) is 0 Å². The van der Waals surface area contributed by atoms with Gasteiger partial charge in [-0.15, -0.1) is 0 Å². The molecule has 0 aliphatic rings. The van der Waals surface area contributed by atoms with Crippen LogP contribution in [0.1, 0.15) is 37.7 Å². The number of furan rings is 1. The summed E-state index contributed by atoms with van der Waals surface area (Å²) in [6.45, 7) is 4.73. The van der Waals surface area contributed by atoms with Gasteiger partial charge in [0.15, 0.2) is 5.76 Å². The molecule has 1 heterocycles. The molecule has 1 aromatic heterocycles. The lowest BCUT2D eigenvalue weighted by atomic mass is 10.1. The minimum absolute atomic E-state index is 0.185. The topological polar surface area (TPSA) is 70.2 Å². The summed E-state index contributed by atoms with van der Waals surface area (Å²) in [5.74, 6) is 1.73. The van der Waals surface area contributed by atoms with Crippen LogP contribution in [0.4, 0.5) is 0 Å². The molecule has 0 fully saturated rings. The third-order valence-electron chi connectivity index (χ3n) is 3.75. The van der Waals surface area contributed by atoms with Crippen molar-refractivity contribution in [1.82, 2.24) is 0 Å². The maximum Gasteiger partial charge on any atom is 0.158 e. The lowest BCUT2D eigenvalue weighted by Crippen LogP contribution is -2.89. The van der Waals surface area contributed by atoms with Gasteiger partial charge in [-0.2, -0.15) is 0 Å². The van der Waals surface area contributed by atoms with Crippen molar-refractivity contribution in [1.29, 1.82) is 0 Å². The van der Waals surface area contributed by atoms with Gasteiger partial charge in [-0.05, 0) is 31.0 Å². The van der Waals surface area contributed by atoms with Crippen LogP contribution in [0.25, 0.3) is 11.3 Å². The van der Waals surface area contributed by atoms with Crippen LogP contribution < -0.4 is 5.32 Å². The first kappa shape index (κ1) is 15.8. The average Bonchev–Trinajstić information content (AvgIpc) is 2.97. The van der Waals surface area contributed by atoms with Crippen molar-refractivity contribution in [2.45, 2.75) is 39.0 Å². The Morgan fingerprint density at radius 1 is 1.14 bits per heavy atom. The summed E-state index contributed by atoms with van der Waals surface area (Å²) in [5.41, 5.74) is 1.90. The average molecular weight is 290 g/mol. The van der Waals surface area contributed by atoms with Crippen LogP contribution in [0.2, 0.25) is 0 Å². The molecule has 2 aromatic rings. The first-order valence-corrected chi connectivity index (χ1v) is 7.45. The van der Waals surface area contributed by atoms with Crippen LogP contribution in [0.15, 0.2) is 40.8 Å². The number of hydrogen-bond acceptors (Lipinski definition) is 3. The Balaban J connectivity index is 2.02. The number of aliphatic hydroxyl groups is 2. The SMILES string of the molecule is CC[C@@H](CO)[NH2+]Cc1ccc(-c2ccc([C@H](C)O)cc2)o1. The fourth-order valence-corrected chi connectivity index (χ4v) is 2.22. The van der Waals surface area contributed by atoms with Crippen molar-refractivity contribution in [3.63, 3.8) is 0 Å². The highest BCUT2D eigenvalue weighted by Gasteiger charge is 2.11. The zero-order valence-electron chi connectivity index (χ0n) is 12.6. The molecule has 0 spiro atoms. The predicted octanol–water partition coefficient (Wildman–Crippen LogP) is 1.83. The van der Waals surface area contributed by atoms with Crippen molar-refractivity contribution in [3.05, 3.63) is 47.7 Å². The van der Waals surface area contributed by atoms with Gasteiger partial charge in [0.25, 0.3) is 0 Å². The van der Waals surface area contributed by atoms with E-state index in [1.54, 1.807) is 6.92 Å². The molecule has 114 valence electrons. The summed E-state index contributed by atoms with van der Waals surface area (Å²) >= 11 is 0. The van der Waals surface area contributed by atoms with E-state index < -0.39 is 6.10 Å². The van der Waals surface area contributed by atoms with E-state index in [9.17, 15) is 10.2 Å². The molecule has 2 atom stereocenters. The van der Waals surface area contributed by atoms with Crippen LogP contribution in [-0.4, -0.2) is 22.9 Å². The van der Waals surface area contributed by atoms with E-state index in [1.165, 1.54) is 0 Å². The minimum Gasteiger partial charge on any atom is -0.455 e. The Morgan fingerprint density at radius 2 is 1.86 bits per heavy atom. The van der Waals surface area contributed by atoms with Gasteiger partial charge in [0.05, 0.1) is 12.7 Å². The molecule has 2 rings (SSSR count). The van der Waals surface area contributed by atoms with Crippen molar-refractivity contribution >= 4 is 0 Å². The molecule has 0 aliphatic heterocycles.